The molecule has 0 unspecified atom stereocenters. The van der Waals surface area contributed by atoms with E-state index in [0.717, 1.165) is 0 Å². The molecule has 0 bridgehead atoms. The number of rotatable bonds is 7. The lowest BCUT2D eigenvalue weighted by atomic mass is 10.0. The van der Waals surface area contributed by atoms with E-state index >= 15 is 0 Å². The highest BCUT2D eigenvalue weighted by atomic mass is 16.5. The fourth-order valence-electron chi connectivity index (χ4n) is 2.79. The summed E-state index contributed by atoms with van der Waals surface area (Å²) in [5.74, 6) is 0.287. The number of nitrogens with zero attached hydrogens (tertiary/aromatic N) is 1. The Balaban J connectivity index is 2.50. The minimum Gasteiger partial charge on any atom is -0.493 e. The number of allylic oxidation sites excluding steroid dienone is 1. The monoisotopic (exact) mass is 361 g/mol. The second-order valence-electron chi connectivity index (χ2n) is 5.57. The van der Waals surface area contributed by atoms with E-state index in [-0.39, 0.29) is 17.1 Å². The molecule has 1 amide bonds. The summed E-state index contributed by atoms with van der Waals surface area (Å²) in [6.45, 7) is 2.43. The Bertz CT molecular complexity index is 765. The molecule has 1 aliphatic heterocycles. The van der Waals surface area contributed by atoms with Crippen molar-refractivity contribution < 1.29 is 28.5 Å². The maximum Gasteiger partial charge on any atom is 0.340 e. The Morgan fingerprint density at radius 2 is 1.81 bits per heavy atom. The quantitative estimate of drug-likeness (QED) is 0.546. The van der Waals surface area contributed by atoms with Crippen LogP contribution in [0, 0.1) is 0 Å². The van der Waals surface area contributed by atoms with Crippen molar-refractivity contribution in [1.29, 1.82) is 0 Å². The molecule has 140 valence electrons. The molecule has 0 spiro atoms. The Morgan fingerprint density at radius 3 is 2.38 bits per heavy atom. The summed E-state index contributed by atoms with van der Waals surface area (Å²) in [5, 5.41) is 0. The lowest BCUT2D eigenvalue weighted by Crippen LogP contribution is -2.28. The summed E-state index contributed by atoms with van der Waals surface area (Å²) in [6.07, 6.45) is 1.65. The first-order valence-corrected chi connectivity index (χ1v) is 8.02. The maximum absolute atomic E-state index is 12.8. The van der Waals surface area contributed by atoms with Crippen LogP contribution >= 0.6 is 0 Å². The zero-order valence-electron chi connectivity index (χ0n) is 15.6. The first-order chi connectivity index (χ1) is 12.5. The van der Waals surface area contributed by atoms with E-state index < -0.39 is 5.97 Å². The summed E-state index contributed by atoms with van der Waals surface area (Å²) in [6, 6.07) is 5.26. The number of methoxy groups -OCH3 is 4. The maximum atomic E-state index is 12.8. The number of amides is 1. The van der Waals surface area contributed by atoms with Gasteiger partial charge in [0.25, 0.3) is 5.91 Å². The highest BCUT2D eigenvalue weighted by Gasteiger charge is 2.36. The lowest BCUT2D eigenvalue weighted by molar-refractivity contribution is -0.136. The van der Waals surface area contributed by atoms with E-state index in [4.69, 9.17) is 18.9 Å². The van der Waals surface area contributed by atoms with E-state index in [9.17, 15) is 9.59 Å². The fraction of sp³-hybridized carbons (Fsp3) is 0.368. The minimum atomic E-state index is -0.553. The molecule has 1 heterocycles. The van der Waals surface area contributed by atoms with Crippen LogP contribution in [0.5, 0.6) is 11.5 Å². The molecule has 0 fully saturated rings. The van der Waals surface area contributed by atoms with Crippen molar-refractivity contribution in [1.82, 2.24) is 4.90 Å². The largest absolute Gasteiger partial charge is 0.493 e. The molecule has 1 aliphatic rings. The Kier molecular flexibility index (Phi) is 6.41. The minimum absolute atomic E-state index is 0.253. The van der Waals surface area contributed by atoms with E-state index in [0.29, 0.717) is 35.9 Å². The predicted molar refractivity (Wildman–Crippen MR) is 95.8 cm³/mol. The van der Waals surface area contributed by atoms with E-state index in [1.165, 1.54) is 19.1 Å². The van der Waals surface area contributed by atoms with Crippen molar-refractivity contribution >= 4 is 18.0 Å². The van der Waals surface area contributed by atoms with E-state index in [1.807, 2.05) is 0 Å². The molecule has 0 saturated heterocycles. The van der Waals surface area contributed by atoms with E-state index in [2.05, 4.69) is 0 Å². The Hall–Kier alpha value is -2.80. The third-order valence-electron chi connectivity index (χ3n) is 4.14. The zero-order valence-corrected chi connectivity index (χ0v) is 15.6. The zero-order chi connectivity index (χ0) is 19.3. The molecule has 0 aliphatic carbocycles. The van der Waals surface area contributed by atoms with Crippen LogP contribution < -0.4 is 9.47 Å². The summed E-state index contributed by atoms with van der Waals surface area (Å²) in [5.41, 5.74) is 1.78. The number of carbonyl (C=O) groups excluding carboxylic acids is 2. The van der Waals surface area contributed by atoms with Crippen LogP contribution in [0.4, 0.5) is 0 Å². The molecule has 2 rings (SSSR count). The van der Waals surface area contributed by atoms with Gasteiger partial charge in [-0.25, -0.2) is 4.79 Å². The van der Waals surface area contributed by atoms with Crippen LogP contribution in [-0.4, -0.2) is 58.4 Å². The van der Waals surface area contributed by atoms with Crippen LogP contribution in [0.2, 0.25) is 0 Å². The molecule has 0 saturated carbocycles. The van der Waals surface area contributed by atoms with Gasteiger partial charge < -0.3 is 23.8 Å². The van der Waals surface area contributed by atoms with Gasteiger partial charge in [-0.3, -0.25) is 4.79 Å². The summed E-state index contributed by atoms with van der Waals surface area (Å²) in [7, 11) is 5.93. The van der Waals surface area contributed by atoms with Gasteiger partial charge in [0.2, 0.25) is 0 Å². The lowest BCUT2D eigenvalue weighted by Gasteiger charge is -2.16. The molecule has 1 aromatic rings. The molecule has 1 aromatic carbocycles. The van der Waals surface area contributed by atoms with Crippen molar-refractivity contribution in [3.8, 4) is 11.5 Å². The number of hydrogen-bond acceptors (Lipinski definition) is 6. The fourth-order valence-corrected chi connectivity index (χ4v) is 2.79. The van der Waals surface area contributed by atoms with Gasteiger partial charge >= 0.3 is 5.97 Å². The average molecular weight is 361 g/mol. The standard InChI is InChI=1S/C19H23NO6/c1-12-17(19(22)26-5)14(18(21)20(12)8-9-23-2)10-13-6-7-15(24-3)16(11-13)25-4/h6-7,10-11H,8-9H2,1-5H3/b14-10-. The van der Waals surface area contributed by atoms with Gasteiger partial charge in [0.05, 0.1) is 39.1 Å². The second kappa shape index (κ2) is 8.53. The average Bonchev–Trinajstić information content (AvgIpc) is 2.89. The molecule has 26 heavy (non-hydrogen) atoms. The topological polar surface area (TPSA) is 74.3 Å². The number of carbonyl (C=O) groups is 2. The molecular formula is C19H23NO6. The highest BCUT2D eigenvalue weighted by molar-refractivity contribution is 6.16. The Morgan fingerprint density at radius 1 is 1.12 bits per heavy atom. The summed E-state index contributed by atoms with van der Waals surface area (Å²) in [4.78, 5) is 26.6. The van der Waals surface area contributed by atoms with Crippen LogP contribution in [0.25, 0.3) is 6.08 Å². The van der Waals surface area contributed by atoms with Crippen molar-refractivity contribution in [3.63, 3.8) is 0 Å². The molecule has 0 radical (unpaired) electrons. The van der Waals surface area contributed by atoms with Gasteiger partial charge in [-0.15, -0.1) is 0 Å². The number of hydrogen-bond donors (Lipinski definition) is 0. The predicted octanol–water partition coefficient (Wildman–Crippen LogP) is 2.02. The molecule has 0 atom stereocenters. The van der Waals surface area contributed by atoms with Crippen LogP contribution in [0.15, 0.2) is 35.0 Å². The van der Waals surface area contributed by atoms with Crippen molar-refractivity contribution in [2.45, 2.75) is 6.92 Å². The van der Waals surface area contributed by atoms with Gasteiger partial charge in [0.1, 0.15) is 0 Å². The van der Waals surface area contributed by atoms with Gasteiger partial charge in [-0.05, 0) is 30.7 Å². The molecular weight excluding hydrogens is 338 g/mol. The van der Waals surface area contributed by atoms with Crippen LogP contribution in [0.3, 0.4) is 0 Å². The molecule has 7 heteroatoms. The first-order valence-electron chi connectivity index (χ1n) is 8.02. The SMILES string of the molecule is COCCN1C(=O)/C(=C\c2ccc(OC)c(OC)c2)C(C(=O)OC)=C1C. The Labute approximate surface area is 152 Å². The summed E-state index contributed by atoms with van der Waals surface area (Å²) < 4.78 is 20.4. The first kappa shape index (κ1) is 19.5. The van der Waals surface area contributed by atoms with Crippen LogP contribution in [0.1, 0.15) is 12.5 Å². The van der Waals surface area contributed by atoms with Crippen molar-refractivity contribution in [3.05, 3.63) is 40.6 Å². The number of ether oxygens (including phenoxy) is 4. The number of esters is 1. The second-order valence-corrected chi connectivity index (χ2v) is 5.57. The third-order valence-corrected chi connectivity index (χ3v) is 4.14. The molecule has 0 aromatic heterocycles. The van der Waals surface area contributed by atoms with Gasteiger partial charge in [-0.2, -0.15) is 0 Å². The smallest absolute Gasteiger partial charge is 0.340 e. The van der Waals surface area contributed by atoms with Crippen molar-refractivity contribution in [2.24, 2.45) is 0 Å². The third kappa shape index (κ3) is 3.72. The number of benzene rings is 1. The van der Waals surface area contributed by atoms with Gasteiger partial charge in [0, 0.05) is 19.4 Å². The van der Waals surface area contributed by atoms with Gasteiger partial charge in [0.15, 0.2) is 11.5 Å². The normalized spacial score (nSPS) is 15.7. The highest BCUT2D eigenvalue weighted by Crippen LogP contribution is 2.33. The van der Waals surface area contributed by atoms with Crippen molar-refractivity contribution in [2.75, 3.05) is 41.6 Å². The summed E-state index contributed by atoms with van der Waals surface area (Å²) >= 11 is 0. The van der Waals surface area contributed by atoms with Gasteiger partial charge in [-0.1, -0.05) is 6.07 Å². The molecule has 0 N–H and O–H groups in total. The molecule has 7 nitrogen and oxygen atoms in total. The van der Waals surface area contributed by atoms with Crippen LogP contribution in [-0.2, 0) is 19.1 Å². The van der Waals surface area contributed by atoms with E-state index in [1.54, 1.807) is 45.4 Å².